The van der Waals surface area contributed by atoms with E-state index < -0.39 is 11.7 Å². The monoisotopic (exact) mass is 382 g/mol. The van der Waals surface area contributed by atoms with Gasteiger partial charge in [0.05, 0.1) is 11.3 Å². The number of carbonyl (C=O) groups excluding carboxylic acids is 1. The summed E-state index contributed by atoms with van der Waals surface area (Å²) in [6, 6.07) is 5.15. The van der Waals surface area contributed by atoms with Crippen molar-refractivity contribution in [1.29, 1.82) is 0 Å². The number of halogens is 3. The van der Waals surface area contributed by atoms with Crippen LogP contribution < -0.4 is 0 Å². The number of amides is 1. The highest BCUT2D eigenvalue weighted by atomic mass is 32.1. The summed E-state index contributed by atoms with van der Waals surface area (Å²) in [7, 11) is 1.83. The Morgan fingerprint density at radius 2 is 1.77 bits per heavy atom. The molecule has 0 N–H and O–H groups in total. The van der Waals surface area contributed by atoms with Gasteiger partial charge in [0.1, 0.15) is 9.88 Å². The van der Waals surface area contributed by atoms with Crippen molar-refractivity contribution in [2.45, 2.75) is 51.2 Å². The topological polar surface area (TPSA) is 33.2 Å². The van der Waals surface area contributed by atoms with Crippen molar-refractivity contribution in [3.63, 3.8) is 0 Å². The van der Waals surface area contributed by atoms with Crippen molar-refractivity contribution in [2.75, 3.05) is 7.05 Å². The molecule has 0 atom stereocenters. The summed E-state index contributed by atoms with van der Waals surface area (Å²) < 4.78 is 38.1. The molecule has 1 saturated carbocycles. The van der Waals surface area contributed by atoms with Gasteiger partial charge in [-0.3, -0.25) is 4.79 Å². The normalized spacial score (nSPS) is 15.9. The number of nitrogens with zero attached hydrogens (tertiary/aromatic N) is 2. The van der Waals surface area contributed by atoms with E-state index in [1.165, 1.54) is 29.9 Å². The molecule has 140 valence electrons. The van der Waals surface area contributed by atoms with Gasteiger partial charge in [-0.1, -0.05) is 31.4 Å². The molecule has 0 aliphatic heterocycles. The number of aromatic nitrogens is 1. The van der Waals surface area contributed by atoms with E-state index in [-0.39, 0.29) is 11.9 Å². The molecule has 0 spiro atoms. The van der Waals surface area contributed by atoms with Crippen molar-refractivity contribution in [1.82, 2.24) is 9.88 Å². The molecule has 0 unspecified atom stereocenters. The first-order valence-electron chi connectivity index (χ1n) is 8.69. The number of alkyl halides is 3. The average Bonchev–Trinajstić information content (AvgIpc) is 3.02. The molecule has 0 radical (unpaired) electrons. The predicted octanol–water partition coefficient (Wildman–Crippen LogP) is 5.54. The smallest absolute Gasteiger partial charge is 0.338 e. The molecule has 0 bridgehead atoms. The summed E-state index contributed by atoms with van der Waals surface area (Å²) in [5, 5.41) is 0.566. The molecule has 1 fully saturated rings. The minimum absolute atomic E-state index is 0.0509. The van der Waals surface area contributed by atoms with Crippen LogP contribution in [0, 0.1) is 6.92 Å². The molecule has 1 heterocycles. The standard InChI is InChI=1S/C19H21F3N2OS/c1-12-16(18(25)24(2)15-6-4-3-5-7-15)26-17(23-12)13-8-10-14(11-9-13)19(20,21)22/h8-11,15H,3-7H2,1-2H3. The zero-order chi connectivity index (χ0) is 18.9. The summed E-state index contributed by atoms with van der Waals surface area (Å²) in [5.74, 6) is -0.0509. The van der Waals surface area contributed by atoms with Gasteiger partial charge in [-0.15, -0.1) is 11.3 Å². The van der Waals surface area contributed by atoms with Crippen LogP contribution in [-0.4, -0.2) is 28.9 Å². The molecule has 3 rings (SSSR count). The Morgan fingerprint density at radius 1 is 1.15 bits per heavy atom. The van der Waals surface area contributed by atoms with Gasteiger partial charge >= 0.3 is 6.18 Å². The minimum Gasteiger partial charge on any atom is -0.338 e. The molecular weight excluding hydrogens is 361 g/mol. The highest BCUT2D eigenvalue weighted by molar-refractivity contribution is 7.17. The van der Waals surface area contributed by atoms with Crippen molar-refractivity contribution in [2.24, 2.45) is 0 Å². The molecule has 1 aromatic carbocycles. The zero-order valence-electron chi connectivity index (χ0n) is 14.8. The molecule has 3 nitrogen and oxygen atoms in total. The second-order valence-corrected chi connectivity index (χ2v) is 7.72. The Hall–Kier alpha value is -1.89. The maximum Gasteiger partial charge on any atom is 0.416 e. The van der Waals surface area contributed by atoms with E-state index in [1.807, 2.05) is 7.05 Å². The molecule has 1 aliphatic carbocycles. The maximum atomic E-state index is 12.8. The first-order chi connectivity index (χ1) is 12.3. The van der Waals surface area contributed by atoms with Crippen LogP contribution >= 0.6 is 11.3 Å². The van der Waals surface area contributed by atoms with E-state index in [1.54, 1.807) is 11.8 Å². The molecule has 2 aromatic rings. The van der Waals surface area contributed by atoms with Crippen molar-refractivity contribution < 1.29 is 18.0 Å². The lowest BCUT2D eigenvalue weighted by molar-refractivity contribution is -0.137. The number of benzene rings is 1. The van der Waals surface area contributed by atoms with Gasteiger partial charge in [0, 0.05) is 18.7 Å². The van der Waals surface area contributed by atoms with Crippen LogP contribution in [0.1, 0.15) is 53.0 Å². The minimum atomic E-state index is -4.36. The van der Waals surface area contributed by atoms with Gasteiger partial charge in [0.25, 0.3) is 5.91 Å². The molecule has 26 heavy (non-hydrogen) atoms. The van der Waals surface area contributed by atoms with Gasteiger partial charge < -0.3 is 4.90 Å². The Morgan fingerprint density at radius 3 is 2.35 bits per heavy atom. The number of carbonyl (C=O) groups is 1. The fraction of sp³-hybridized carbons (Fsp3) is 0.474. The lowest BCUT2D eigenvalue weighted by Crippen LogP contribution is -2.38. The van der Waals surface area contributed by atoms with Gasteiger partial charge in [-0.2, -0.15) is 13.2 Å². The summed E-state index contributed by atoms with van der Waals surface area (Å²) in [4.78, 5) is 19.6. The predicted molar refractivity (Wildman–Crippen MR) is 96.3 cm³/mol. The summed E-state index contributed by atoms with van der Waals surface area (Å²) in [6.45, 7) is 1.77. The fourth-order valence-corrected chi connectivity index (χ4v) is 4.37. The van der Waals surface area contributed by atoms with Crippen LogP contribution in [0.3, 0.4) is 0 Å². The van der Waals surface area contributed by atoms with Gasteiger partial charge in [-0.05, 0) is 31.9 Å². The highest BCUT2D eigenvalue weighted by Gasteiger charge is 2.30. The molecular formula is C19H21F3N2OS. The van der Waals surface area contributed by atoms with E-state index in [2.05, 4.69) is 4.98 Å². The third kappa shape index (κ3) is 3.92. The number of thiazole rings is 1. The van der Waals surface area contributed by atoms with Crippen LogP contribution in [0.2, 0.25) is 0 Å². The second-order valence-electron chi connectivity index (χ2n) is 6.72. The molecule has 1 amide bonds. The number of aryl methyl sites for hydroxylation is 1. The molecule has 1 aliphatic rings. The fourth-order valence-electron chi connectivity index (χ4n) is 3.31. The van der Waals surface area contributed by atoms with Crippen LogP contribution in [0.25, 0.3) is 10.6 Å². The van der Waals surface area contributed by atoms with Crippen molar-refractivity contribution in [3.05, 3.63) is 40.4 Å². The van der Waals surface area contributed by atoms with Crippen molar-refractivity contribution >= 4 is 17.2 Å². The largest absolute Gasteiger partial charge is 0.416 e. The number of rotatable bonds is 3. The Kier molecular flexibility index (Phi) is 5.37. The van der Waals surface area contributed by atoms with Gasteiger partial charge in [-0.25, -0.2) is 4.98 Å². The number of hydrogen-bond donors (Lipinski definition) is 0. The van der Waals surface area contributed by atoms with E-state index in [9.17, 15) is 18.0 Å². The lowest BCUT2D eigenvalue weighted by Gasteiger charge is -2.31. The quantitative estimate of drug-likeness (QED) is 0.698. The number of hydrogen-bond acceptors (Lipinski definition) is 3. The first-order valence-corrected chi connectivity index (χ1v) is 9.51. The second kappa shape index (κ2) is 7.39. The van der Waals surface area contributed by atoms with E-state index in [4.69, 9.17) is 0 Å². The first kappa shape index (κ1) is 18.9. The molecule has 7 heteroatoms. The van der Waals surface area contributed by atoms with Crippen LogP contribution in [0.4, 0.5) is 13.2 Å². The van der Waals surface area contributed by atoms with Crippen LogP contribution in [0.15, 0.2) is 24.3 Å². The third-order valence-corrected chi connectivity index (χ3v) is 6.09. The Labute approximate surface area is 154 Å². The molecule has 0 saturated heterocycles. The van der Waals surface area contributed by atoms with Crippen molar-refractivity contribution in [3.8, 4) is 10.6 Å². The lowest BCUT2D eigenvalue weighted by atomic mass is 9.94. The zero-order valence-corrected chi connectivity index (χ0v) is 15.6. The summed E-state index contributed by atoms with van der Waals surface area (Å²) in [5.41, 5.74) is 0.519. The Balaban J connectivity index is 1.81. The summed E-state index contributed by atoms with van der Waals surface area (Å²) >= 11 is 1.24. The average molecular weight is 382 g/mol. The SMILES string of the molecule is Cc1nc(-c2ccc(C(F)(F)F)cc2)sc1C(=O)N(C)C1CCCCC1. The Bertz CT molecular complexity index is 777. The third-order valence-electron chi connectivity index (χ3n) is 4.89. The summed E-state index contributed by atoms with van der Waals surface area (Å²) in [6.07, 6.45) is 1.18. The van der Waals surface area contributed by atoms with Crippen LogP contribution in [-0.2, 0) is 6.18 Å². The van der Waals surface area contributed by atoms with Gasteiger partial charge in [0.2, 0.25) is 0 Å². The van der Waals surface area contributed by atoms with Crippen LogP contribution in [0.5, 0.6) is 0 Å². The van der Waals surface area contributed by atoms with E-state index in [0.29, 0.717) is 21.1 Å². The van der Waals surface area contributed by atoms with E-state index in [0.717, 1.165) is 37.8 Å². The van der Waals surface area contributed by atoms with E-state index >= 15 is 0 Å². The highest BCUT2D eigenvalue weighted by Crippen LogP contribution is 2.33. The molecule has 1 aromatic heterocycles. The maximum absolute atomic E-state index is 12.8. The van der Waals surface area contributed by atoms with Gasteiger partial charge in [0.15, 0.2) is 0 Å².